The van der Waals surface area contributed by atoms with Crippen LogP contribution in [-0.2, 0) is 11.2 Å². The van der Waals surface area contributed by atoms with Crippen molar-refractivity contribution in [1.29, 1.82) is 0 Å². The maximum Gasteiger partial charge on any atom is 0.317 e. The van der Waals surface area contributed by atoms with E-state index < -0.39 is 0 Å². The van der Waals surface area contributed by atoms with Gasteiger partial charge in [-0.25, -0.2) is 9.18 Å². The van der Waals surface area contributed by atoms with Gasteiger partial charge < -0.3 is 15.1 Å². The monoisotopic (exact) mass is 319 g/mol. The number of benzene rings is 1. The summed E-state index contributed by atoms with van der Waals surface area (Å²) in [7, 11) is 0. The largest absolute Gasteiger partial charge is 0.339 e. The molecular formula is C17H22FN3O2. The van der Waals surface area contributed by atoms with Crippen LogP contribution in [-0.4, -0.2) is 54.0 Å². The number of carbonyl (C=O) groups excluding carboxylic acids is 2. The number of carbonyl (C=O) groups is 2. The summed E-state index contributed by atoms with van der Waals surface area (Å²) in [6, 6.07) is 6.70. The van der Waals surface area contributed by atoms with Crippen LogP contribution < -0.4 is 5.32 Å². The van der Waals surface area contributed by atoms with E-state index in [1.54, 1.807) is 15.9 Å². The molecule has 1 aromatic rings. The molecule has 6 heteroatoms. The molecular weight excluding hydrogens is 297 g/mol. The number of hydrogen-bond acceptors (Lipinski definition) is 2. The molecule has 3 rings (SSSR count). The molecule has 0 unspecified atom stereocenters. The van der Waals surface area contributed by atoms with Crippen LogP contribution in [0.3, 0.4) is 0 Å². The number of nitrogens with zero attached hydrogens (tertiary/aromatic N) is 2. The van der Waals surface area contributed by atoms with Gasteiger partial charge in [-0.1, -0.05) is 12.1 Å². The molecule has 0 radical (unpaired) electrons. The maximum absolute atomic E-state index is 13.1. The van der Waals surface area contributed by atoms with Crippen LogP contribution in [0.5, 0.6) is 0 Å². The normalized spacial score (nSPS) is 18.0. The van der Waals surface area contributed by atoms with Gasteiger partial charge in [0.1, 0.15) is 5.82 Å². The first kappa shape index (κ1) is 15.8. The van der Waals surface area contributed by atoms with Crippen LogP contribution in [0.1, 0.15) is 24.8 Å². The summed E-state index contributed by atoms with van der Waals surface area (Å²) >= 11 is 0. The summed E-state index contributed by atoms with van der Waals surface area (Å²) in [5, 5.41) is 2.97. The number of piperazine rings is 1. The highest BCUT2D eigenvalue weighted by molar-refractivity contribution is 5.78. The SMILES string of the molecule is O=C(CCc1cccc(F)c1)N1CCN(C(=O)NC2CC2)CC1. The van der Waals surface area contributed by atoms with Gasteiger partial charge in [-0.15, -0.1) is 0 Å². The van der Waals surface area contributed by atoms with Crippen molar-refractivity contribution < 1.29 is 14.0 Å². The standard InChI is InChI=1S/C17H22FN3O2/c18-14-3-1-2-13(12-14)4-7-16(22)20-8-10-21(11-9-20)17(23)19-15-5-6-15/h1-3,12,15H,4-11H2,(H,19,23). The Morgan fingerprint density at radius 1 is 1.13 bits per heavy atom. The van der Waals surface area contributed by atoms with Crippen LogP contribution in [0, 0.1) is 5.82 Å². The molecule has 1 aliphatic carbocycles. The Labute approximate surface area is 135 Å². The van der Waals surface area contributed by atoms with Crippen LogP contribution in [0.2, 0.25) is 0 Å². The fourth-order valence-electron chi connectivity index (χ4n) is 2.75. The van der Waals surface area contributed by atoms with Gasteiger partial charge in [0.15, 0.2) is 0 Å². The van der Waals surface area contributed by atoms with E-state index in [2.05, 4.69) is 5.32 Å². The molecule has 1 aliphatic heterocycles. The van der Waals surface area contributed by atoms with Crippen LogP contribution in [0.25, 0.3) is 0 Å². The summed E-state index contributed by atoms with van der Waals surface area (Å²) in [4.78, 5) is 27.7. The Bertz CT molecular complexity index is 581. The van der Waals surface area contributed by atoms with E-state index in [0.29, 0.717) is 45.1 Å². The van der Waals surface area contributed by atoms with Gasteiger partial charge >= 0.3 is 6.03 Å². The van der Waals surface area contributed by atoms with E-state index in [9.17, 15) is 14.0 Å². The minimum Gasteiger partial charge on any atom is -0.339 e. The Morgan fingerprint density at radius 3 is 2.48 bits per heavy atom. The first-order chi connectivity index (χ1) is 11.1. The van der Waals surface area contributed by atoms with Gasteiger partial charge in [0.05, 0.1) is 0 Å². The zero-order valence-corrected chi connectivity index (χ0v) is 13.1. The van der Waals surface area contributed by atoms with Crippen molar-refractivity contribution in [2.45, 2.75) is 31.7 Å². The molecule has 124 valence electrons. The predicted octanol–water partition coefficient (Wildman–Crippen LogP) is 1.77. The number of halogens is 1. The van der Waals surface area contributed by atoms with E-state index in [4.69, 9.17) is 0 Å². The average Bonchev–Trinajstić information content (AvgIpc) is 3.37. The lowest BCUT2D eigenvalue weighted by Gasteiger charge is -2.34. The van der Waals surface area contributed by atoms with Crippen molar-refractivity contribution in [1.82, 2.24) is 15.1 Å². The summed E-state index contributed by atoms with van der Waals surface area (Å²) in [6.45, 7) is 2.29. The van der Waals surface area contributed by atoms with Crippen molar-refractivity contribution in [2.75, 3.05) is 26.2 Å². The van der Waals surface area contributed by atoms with Crippen molar-refractivity contribution in [2.24, 2.45) is 0 Å². The second-order valence-corrected chi connectivity index (χ2v) is 6.22. The molecule has 5 nitrogen and oxygen atoms in total. The lowest BCUT2D eigenvalue weighted by molar-refractivity contribution is -0.132. The Morgan fingerprint density at radius 2 is 1.83 bits per heavy atom. The number of urea groups is 1. The Hall–Kier alpha value is -2.11. The minimum absolute atomic E-state index is 0.0145. The smallest absolute Gasteiger partial charge is 0.317 e. The van der Waals surface area contributed by atoms with Gasteiger partial charge in [0.2, 0.25) is 5.91 Å². The molecule has 0 atom stereocenters. The number of aryl methyl sites for hydroxylation is 1. The summed E-state index contributed by atoms with van der Waals surface area (Å²) < 4.78 is 13.1. The second kappa shape index (κ2) is 6.98. The molecule has 1 saturated carbocycles. The number of amides is 3. The molecule has 0 bridgehead atoms. The first-order valence-corrected chi connectivity index (χ1v) is 8.19. The van der Waals surface area contributed by atoms with Crippen molar-refractivity contribution >= 4 is 11.9 Å². The fraction of sp³-hybridized carbons (Fsp3) is 0.529. The van der Waals surface area contributed by atoms with Crippen molar-refractivity contribution in [3.05, 3.63) is 35.6 Å². The lowest BCUT2D eigenvalue weighted by Crippen LogP contribution is -2.53. The second-order valence-electron chi connectivity index (χ2n) is 6.22. The molecule has 1 aromatic carbocycles. The highest BCUT2D eigenvalue weighted by atomic mass is 19.1. The number of hydrogen-bond donors (Lipinski definition) is 1. The summed E-state index contributed by atoms with van der Waals surface area (Å²) in [5.74, 6) is -0.207. The third-order valence-corrected chi connectivity index (χ3v) is 4.34. The van der Waals surface area contributed by atoms with Gasteiger partial charge in [-0.3, -0.25) is 4.79 Å². The molecule has 0 spiro atoms. The van der Waals surface area contributed by atoms with E-state index in [1.807, 2.05) is 6.07 Å². The quantitative estimate of drug-likeness (QED) is 0.920. The molecule has 1 saturated heterocycles. The fourth-order valence-corrected chi connectivity index (χ4v) is 2.75. The van der Waals surface area contributed by atoms with Gasteiger partial charge in [-0.05, 0) is 37.0 Å². The number of nitrogens with one attached hydrogen (secondary N) is 1. The Kier molecular flexibility index (Phi) is 4.79. The number of rotatable bonds is 4. The molecule has 2 aliphatic rings. The average molecular weight is 319 g/mol. The third-order valence-electron chi connectivity index (χ3n) is 4.34. The van der Waals surface area contributed by atoms with Gasteiger partial charge in [-0.2, -0.15) is 0 Å². The predicted molar refractivity (Wildman–Crippen MR) is 84.4 cm³/mol. The molecule has 0 aromatic heterocycles. The highest BCUT2D eigenvalue weighted by Gasteiger charge is 2.28. The van der Waals surface area contributed by atoms with E-state index in [0.717, 1.165) is 18.4 Å². The third kappa shape index (κ3) is 4.43. The van der Waals surface area contributed by atoms with Crippen molar-refractivity contribution in [3.63, 3.8) is 0 Å². The van der Waals surface area contributed by atoms with Crippen LogP contribution >= 0.6 is 0 Å². The van der Waals surface area contributed by atoms with E-state index >= 15 is 0 Å². The zero-order valence-electron chi connectivity index (χ0n) is 13.1. The summed E-state index contributed by atoms with van der Waals surface area (Å²) in [5.41, 5.74) is 0.834. The van der Waals surface area contributed by atoms with Crippen molar-refractivity contribution in [3.8, 4) is 0 Å². The van der Waals surface area contributed by atoms with Crippen LogP contribution in [0.4, 0.5) is 9.18 Å². The molecule has 1 N–H and O–H groups in total. The van der Waals surface area contributed by atoms with Gasteiger partial charge in [0.25, 0.3) is 0 Å². The molecule has 1 heterocycles. The maximum atomic E-state index is 13.1. The van der Waals surface area contributed by atoms with E-state index in [1.165, 1.54) is 12.1 Å². The zero-order chi connectivity index (χ0) is 16.2. The van der Waals surface area contributed by atoms with Crippen LogP contribution in [0.15, 0.2) is 24.3 Å². The van der Waals surface area contributed by atoms with E-state index in [-0.39, 0.29) is 17.8 Å². The molecule has 3 amide bonds. The summed E-state index contributed by atoms with van der Waals surface area (Å²) in [6.07, 6.45) is 3.06. The highest BCUT2D eigenvalue weighted by Crippen LogP contribution is 2.19. The lowest BCUT2D eigenvalue weighted by atomic mass is 10.1. The molecule has 2 fully saturated rings. The molecule has 23 heavy (non-hydrogen) atoms. The van der Waals surface area contributed by atoms with Gasteiger partial charge in [0, 0.05) is 38.6 Å². The Balaban J connectivity index is 1.41. The topological polar surface area (TPSA) is 52.7 Å². The minimum atomic E-state index is -0.273. The first-order valence-electron chi connectivity index (χ1n) is 8.19.